The summed E-state index contributed by atoms with van der Waals surface area (Å²) in [6.07, 6.45) is 8.02. The molecule has 2 aromatic heterocycles. The first kappa shape index (κ1) is 30.3. The topological polar surface area (TPSA) is 150 Å². The highest BCUT2D eigenvalue weighted by atomic mass is 32.2. The summed E-state index contributed by atoms with van der Waals surface area (Å²) in [5.74, 6) is -0.465. The van der Waals surface area contributed by atoms with Crippen molar-refractivity contribution < 1.29 is 9.63 Å². The Balaban J connectivity index is 1.11. The number of nitrogens with two attached hydrogens (primary N) is 1. The second-order valence-electron chi connectivity index (χ2n) is 12.5. The maximum absolute atomic E-state index is 12.5. The predicted octanol–water partition coefficient (Wildman–Crippen LogP) is 4.28. The molecule has 13 heteroatoms. The van der Waals surface area contributed by atoms with Crippen molar-refractivity contribution in [3.63, 3.8) is 0 Å². The van der Waals surface area contributed by atoms with Crippen LogP contribution in [0.15, 0.2) is 64.5 Å². The number of likely N-dealkylation sites (tertiary alicyclic amines) is 1. The van der Waals surface area contributed by atoms with Gasteiger partial charge in [-0.2, -0.15) is 5.10 Å². The molecule has 4 heterocycles. The summed E-state index contributed by atoms with van der Waals surface area (Å²) < 4.78 is 2.20. The van der Waals surface area contributed by atoms with E-state index in [1.807, 2.05) is 30.1 Å². The van der Waals surface area contributed by atoms with Gasteiger partial charge in [0.05, 0.1) is 51.8 Å². The molecule has 12 nitrogen and oxygen atoms in total. The number of amidine groups is 1. The number of fused-ring (bicyclic) bond motifs is 3. The number of hydrogen-bond donors (Lipinski definition) is 4. The fraction of sp³-hybridized carbons (Fsp3) is 0.424. The first-order chi connectivity index (χ1) is 22.3. The lowest BCUT2D eigenvalue weighted by Crippen LogP contribution is -2.48. The summed E-state index contributed by atoms with van der Waals surface area (Å²) >= 11 is 1.90. The van der Waals surface area contributed by atoms with E-state index >= 15 is 0 Å². The van der Waals surface area contributed by atoms with E-state index in [2.05, 4.69) is 68.5 Å². The number of thioether (sulfide) groups is 1. The average Bonchev–Trinajstić information content (AvgIpc) is 3.98. The number of pyridine rings is 1. The summed E-state index contributed by atoms with van der Waals surface area (Å²) in [7, 11) is 3.55. The maximum Gasteiger partial charge on any atom is 0.271 e. The van der Waals surface area contributed by atoms with Gasteiger partial charge in [-0.1, -0.05) is 23.4 Å². The zero-order valence-corrected chi connectivity index (χ0v) is 27.2. The van der Waals surface area contributed by atoms with Crippen LogP contribution >= 0.6 is 11.8 Å². The van der Waals surface area contributed by atoms with Crippen molar-refractivity contribution in [2.45, 2.75) is 67.6 Å². The van der Waals surface area contributed by atoms with Gasteiger partial charge in [-0.05, 0) is 50.8 Å². The van der Waals surface area contributed by atoms with E-state index in [1.165, 1.54) is 31.7 Å². The van der Waals surface area contributed by atoms with Gasteiger partial charge in [0, 0.05) is 56.2 Å². The lowest BCUT2D eigenvalue weighted by Gasteiger charge is -2.42. The van der Waals surface area contributed by atoms with Crippen molar-refractivity contribution in [3.05, 3.63) is 65.8 Å². The molecular formula is C33H40N10O2S. The van der Waals surface area contributed by atoms with Crippen LogP contribution in [-0.4, -0.2) is 75.7 Å². The number of aromatic nitrogens is 3. The van der Waals surface area contributed by atoms with Gasteiger partial charge in [-0.3, -0.25) is 19.8 Å². The van der Waals surface area contributed by atoms with Crippen molar-refractivity contribution in [2.75, 3.05) is 37.4 Å². The number of nitrogens with one attached hydrogen (secondary N) is 3. The summed E-state index contributed by atoms with van der Waals surface area (Å²) in [5, 5.41) is 25.2. The quantitative estimate of drug-likeness (QED) is 0.129. The fourth-order valence-electron chi connectivity index (χ4n) is 5.98. The molecule has 0 bridgehead atoms. The van der Waals surface area contributed by atoms with Crippen molar-refractivity contribution in [1.82, 2.24) is 25.0 Å². The van der Waals surface area contributed by atoms with Gasteiger partial charge in [0.2, 0.25) is 0 Å². The minimum Gasteiger partial charge on any atom is -0.391 e. The molecule has 1 saturated heterocycles. The van der Waals surface area contributed by atoms with Crippen LogP contribution in [0.2, 0.25) is 0 Å². The zero-order valence-electron chi connectivity index (χ0n) is 26.4. The van der Waals surface area contributed by atoms with Gasteiger partial charge >= 0.3 is 0 Å². The summed E-state index contributed by atoms with van der Waals surface area (Å²) in [5.41, 5.74) is 12.2. The second-order valence-corrected chi connectivity index (χ2v) is 13.8. The summed E-state index contributed by atoms with van der Waals surface area (Å²) in [6, 6.07) is 12.7. The first-order valence-electron chi connectivity index (χ1n) is 15.9. The lowest BCUT2D eigenvalue weighted by atomic mass is 9.93. The number of benzene rings is 1. The van der Waals surface area contributed by atoms with E-state index in [4.69, 9.17) is 26.1 Å². The highest BCUT2D eigenvalue weighted by molar-refractivity contribution is 8.00. The zero-order chi connectivity index (χ0) is 31.9. The van der Waals surface area contributed by atoms with E-state index in [9.17, 15) is 4.79 Å². The normalized spacial score (nSPS) is 20.1. The average molecular weight is 641 g/mol. The summed E-state index contributed by atoms with van der Waals surface area (Å²) in [4.78, 5) is 27.4. The fourth-order valence-corrected chi connectivity index (χ4v) is 7.02. The number of anilines is 2. The molecule has 2 saturated carbocycles. The van der Waals surface area contributed by atoms with Gasteiger partial charge in [0.1, 0.15) is 11.8 Å². The Morgan fingerprint density at radius 3 is 2.70 bits per heavy atom. The highest BCUT2D eigenvalue weighted by Gasteiger charge is 2.37. The molecule has 1 unspecified atom stereocenters. The number of para-hydroxylation sites is 1. The van der Waals surface area contributed by atoms with Crippen LogP contribution in [0.1, 0.15) is 56.1 Å². The van der Waals surface area contributed by atoms with Crippen LogP contribution in [0, 0.1) is 5.41 Å². The molecule has 1 amide bonds. The van der Waals surface area contributed by atoms with Crippen LogP contribution in [0.5, 0.6) is 0 Å². The number of carbonyl (C=O) groups excluding carboxylic acids is 1. The molecule has 2 aliphatic carbocycles. The summed E-state index contributed by atoms with van der Waals surface area (Å²) in [6.45, 7) is 4.87. The lowest BCUT2D eigenvalue weighted by molar-refractivity contribution is -0.114. The van der Waals surface area contributed by atoms with E-state index < -0.39 is 5.91 Å². The van der Waals surface area contributed by atoms with Crippen LogP contribution < -0.4 is 21.3 Å². The van der Waals surface area contributed by atoms with Gasteiger partial charge < -0.3 is 26.1 Å². The third-order valence-corrected chi connectivity index (χ3v) is 10.1. The Hall–Kier alpha value is -4.36. The van der Waals surface area contributed by atoms with Crippen molar-refractivity contribution in [3.8, 4) is 11.1 Å². The molecule has 2 aliphatic heterocycles. The Morgan fingerprint density at radius 2 is 1.96 bits per heavy atom. The third kappa shape index (κ3) is 6.21. The molecule has 7 rings (SSSR count). The van der Waals surface area contributed by atoms with Gasteiger partial charge in [0.25, 0.3) is 5.91 Å². The van der Waals surface area contributed by atoms with Gasteiger partial charge in [-0.25, -0.2) is 4.98 Å². The molecule has 3 aromatic rings. The van der Waals surface area contributed by atoms with Crippen LogP contribution in [0.4, 0.5) is 11.4 Å². The van der Waals surface area contributed by atoms with Crippen LogP contribution in [0.25, 0.3) is 11.1 Å². The number of hydrogen-bond acceptors (Lipinski definition) is 10. The number of amides is 1. The number of oxime groups is 1. The minimum absolute atomic E-state index is 0.0317. The van der Waals surface area contributed by atoms with E-state index in [0.29, 0.717) is 0 Å². The molecule has 240 valence electrons. The van der Waals surface area contributed by atoms with Crippen LogP contribution in [0.3, 0.4) is 0 Å². The Labute approximate surface area is 272 Å². The van der Waals surface area contributed by atoms with E-state index in [0.717, 1.165) is 70.9 Å². The van der Waals surface area contributed by atoms with Gasteiger partial charge in [-0.15, -0.1) is 11.8 Å². The Morgan fingerprint density at radius 1 is 1.17 bits per heavy atom. The first-order valence-corrected chi connectivity index (χ1v) is 16.7. The van der Waals surface area contributed by atoms with Crippen molar-refractivity contribution in [2.24, 2.45) is 10.9 Å². The monoisotopic (exact) mass is 640 g/mol. The number of rotatable bonds is 12. The Bertz CT molecular complexity index is 1720. The predicted molar refractivity (Wildman–Crippen MR) is 181 cm³/mol. The molecule has 4 aliphatic rings. The molecule has 46 heavy (non-hydrogen) atoms. The highest BCUT2D eigenvalue weighted by Crippen LogP contribution is 2.48. The maximum atomic E-state index is 12.5. The number of nitrogens with zero attached hydrogens (tertiary/aromatic N) is 6. The second kappa shape index (κ2) is 12.4. The minimum atomic E-state index is -0.542. The molecule has 0 radical (unpaired) electrons. The molecule has 1 aromatic carbocycles. The SMILES string of the molecule is CNC(=O)C(=N)C(=CC(N)=NOC1CC1)Nc1cccc2c1N(C)C(C)c1c-2cnn1C1CN(Cc2cccc(SC3CC3)n2)C1. The molecule has 5 N–H and O–H groups in total. The standard InChI is InChI=1S/C33H40N10O2S/c1-19-31-25(15-37-43(31)21-17-42(18-21)16-20-6-4-9-29(38-20)46-23-12-13-23)24-7-5-8-26(32(24)41(19)3)39-27(30(35)33(44)36-2)14-28(34)40-45-22-10-11-22/h4-9,14-15,19,21-23,35,39H,10-13,16-18H2,1-3H3,(H2,34,40)(H,36,44). The molecule has 0 spiro atoms. The molecule has 3 fully saturated rings. The van der Waals surface area contributed by atoms with Crippen molar-refractivity contribution in [1.29, 1.82) is 5.41 Å². The number of carbonyl (C=O) groups is 1. The smallest absolute Gasteiger partial charge is 0.271 e. The molecule has 1 atom stereocenters. The largest absolute Gasteiger partial charge is 0.391 e. The van der Waals surface area contributed by atoms with E-state index in [1.54, 1.807) is 0 Å². The third-order valence-electron chi connectivity index (χ3n) is 8.87. The van der Waals surface area contributed by atoms with Crippen LogP contribution in [-0.2, 0) is 16.2 Å². The molecular weight excluding hydrogens is 600 g/mol. The van der Waals surface area contributed by atoms with Gasteiger partial charge in [0.15, 0.2) is 5.84 Å². The van der Waals surface area contributed by atoms with E-state index in [-0.39, 0.29) is 35.4 Å². The van der Waals surface area contributed by atoms with Crippen molar-refractivity contribution >= 4 is 40.6 Å². The Kier molecular flexibility index (Phi) is 8.20.